The topological polar surface area (TPSA) is 118 Å². The molecule has 8 heteroatoms. The molecule has 0 radical (unpaired) electrons. The predicted octanol–water partition coefficient (Wildman–Crippen LogP) is 2.84. The number of nitrogens with one attached hydrogen (secondary N) is 2. The Balaban J connectivity index is 1.69. The summed E-state index contributed by atoms with van der Waals surface area (Å²) in [5.74, 6) is -0.993. The number of amides is 2. The molecule has 162 valence electrons. The van der Waals surface area contributed by atoms with Gasteiger partial charge in [-0.05, 0) is 48.4 Å². The summed E-state index contributed by atoms with van der Waals surface area (Å²) in [5, 5.41) is 13.7. The number of carbonyl (C=O) groups excluding carboxylic acids is 3. The average molecular weight is 423 g/mol. The summed E-state index contributed by atoms with van der Waals surface area (Å²) in [4.78, 5) is 35.8. The number of esters is 1. The summed E-state index contributed by atoms with van der Waals surface area (Å²) < 4.78 is 10.4. The molecule has 2 N–H and O–H groups in total. The number of nitrogens with zero attached hydrogens (tertiary/aromatic N) is 1. The lowest BCUT2D eigenvalue weighted by Crippen LogP contribution is -2.32. The first-order valence-corrected chi connectivity index (χ1v) is 9.94. The second kappa shape index (κ2) is 12.6. The molecule has 31 heavy (non-hydrogen) atoms. The molecule has 0 spiro atoms. The van der Waals surface area contributed by atoms with Crippen LogP contribution in [0.15, 0.2) is 48.5 Å². The number of anilines is 1. The highest BCUT2D eigenvalue weighted by Crippen LogP contribution is 2.13. The molecule has 0 aliphatic rings. The van der Waals surface area contributed by atoms with E-state index in [-0.39, 0.29) is 13.0 Å². The Morgan fingerprint density at radius 3 is 2.39 bits per heavy atom. The minimum absolute atomic E-state index is 0.286. The Kier molecular flexibility index (Phi) is 9.56. The zero-order valence-electron chi connectivity index (χ0n) is 17.3. The van der Waals surface area contributed by atoms with Gasteiger partial charge in [-0.2, -0.15) is 5.26 Å². The van der Waals surface area contributed by atoms with Crippen molar-refractivity contribution in [3.05, 3.63) is 59.7 Å². The largest absolute Gasteiger partial charge is 0.494 e. The molecule has 0 heterocycles. The molecule has 0 bridgehead atoms. The van der Waals surface area contributed by atoms with Crippen LogP contribution in [0.5, 0.6) is 5.75 Å². The third-order valence-corrected chi connectivity index (χ3v) is 4.16. The van der Waals surface area contributed by atoms with Gasteiger partial charge in [0.15, 0.2) is 6.61 Å². The number of hydrogen-bond acceptors (Lipinski definition) is 6. The molecule has 2 aromatic rings. The Labute approximate surface area is 181 Å². The van der Waals surface area contributed by atoms with Crippen LogP contribution in [0.25, 0.3) is 0 Å². The predicted molar refractivity (Wildman–Crippen MR) is 115 cm³/mol. The standard InChI is InChI=1S/C23H25N3O5/c1-2-3-14-30-20-10-6-18(7-11-20)23(29)25-15-22(28)31-16-21(27)26-19-8-4-17(5-9-19)12-13-24/h4-11H,2-3,12,14-16H2,1H3,(H,25,29)(H,26,27). The van der Waals surface area contributed by atoms with Crippen molar-refractivity contribution in [2.75, 3.05) is 25.1 Å². The number of benzene rings is 2. The molecular weight excluding hydrogens is 398 g/mol. The van der Waals surface area contributed by atoms with Gasteiger partial charge in [0, 0.05) is 11.3 Å². The SMILES string of the molecule is CCCCOc1ccc(C(=O)NCC(=O)OCC(=O)Nc2ccc(CC#N)cc2)cc1. The van der Waals surface area contributed by atoms with Crippen molar-refractivity contribution in [2.45, 2.75) is 26.2 Å². The van der Waals surface area contributed by atoms with Crippen LogP contribution in [0.3, 0.4) is 0 Å². The Morgan fingerprint density at radius 1 is 1.03 bits per heavy atom. The van der Waals surface area contributed by atoms with Crippen LogP contribution >= 0.6 is 0 Å². The fraction of sp³-hybridized carbons (Fsp3) is 0.304. The molecule has 8 nitrogen and oxygen atoms in total. The molecule has 2 amide bonds. The van der Waals surface area contributed by atoms with Crippen molar-refractivity contribution < 1.29 is 23.9 Å². The van der Waals surface area contributed by atoms with Crippen LogP contribution in [0.2, 0.25) is 0 Å². The highest BCUT2D eigenvalue weighted by atomic mass is 16.5. The second-order valence-corrected chi connectivity index (χ2v) is 6.65. The highest BCUT2D eigenvalue weighted by molar-refractivity contribution is 5.96. The van der Waals surface area contributed by atoms with E-state index in [4.69, 9.17) is 14.7 Å². The number of unbranched alkanes of at least 4 members (excludes halogenated alkanes) is 1. The lowest BCUT2D eigenvalue weighted by molar-refractivity contribution is -0.146. The van der Waals surface area contributed by atoms with Gasteiger partial charge in [-0.25, -0.2) is 0 Å². The van der Waals surface area contributed by atoms with E-state index in [1.54, 1.807) is 48.5 Å². The van der Waals surface area contributed by atoms with E-state index in [0.717, 1.165) is 18.4 Å². The van der Waals surface area contributed by atoms with E-state index < -0.39 is 24.4 Å². The Morgan fingerprint density at radius 2 is 1.74 bits per heavy atom. The third kappa shape index (κ3) is 8.58. The van der Waals surface area contributed by atoms with Gasteiger partial charge in [-0.3, -0.25) is 14.4 Å². The summed E-state index contributed by atoms with van der Waals surface area (Å²) in [5.41, 5.74) is 1.74. The number of ether oxygens (including phenoxy) is 2. The molecule has 2 aromatic carbocycles. The molecule has 2 rings (SSSR count). The van der Waals surface area contributed by atoms with Crippen molar-refractivity contribution in [3.8, 4) is 11.8 Å². The summed E-state index contributed by atoms with van der Waals surface area (Å²) >= 11 is 0. The third-order valence-electron chi connectivity index (χ3n) is 4.16. The Bertz CT molecular complexity index is 918. The summed E-state index contributed by atoms with van der Waals surface area (Å²) in [7, 11) is 0. The van der Waals surface area contributed by atoms with Gasteiger partial charge in [0.1, 0.15) is 12.3 Å². The van der Waals surface area contributed by atoms with Crippen molar-refractivity contribution in [1.82, 2.24) is 5.32 Å². The van der Waals surface area contributed by atoms with Crippen LogP contribution in [0, 0.1) is 11.3 Å². The molecule has 0 saturated carbocycles. The fourth-order valence-corrected chi connectivity index (χ4v) is 2.48. The zero-order valence-corrected chi connectivity index (χ0v) is 17.3. The Hall–Kier alpha value is -3.86. The van der Waals surface area contributed by atoms with E-state index in [2.05, 4.69) is 17.6 Å². The van der Waals surface area contributed by atoms with E-state index in [0.29, 0.717) is 23.6 Å². The monoisotopic (exact) mass is 423 g/mol. The van der Waals surface area contributed by atoms with E-state index in [1.165, 1.54) is 0 Å². The molecule has 0 aliphatic heterocycles. The highest BCUT2D eigenvalue weighted by Gasteiger charge is 2.11. The molecule has 0 aliphatic carbocycles. The van der Waals surface area contributed by atoms with Crippen molar-refractivity contribution >= 4 is 23.5 Å². The zero-order chi connectivity index (χ0) is 22.5. The summed E-state index contributed by atoms with van der Waals surface area (Å²) in [6, 6.07) is 15.4. The van der Waals surface area contributed by atoms with Gasteiger partial charge >= 0.3 is 5.97 Å². The average Bonchev–Trinajstić information content (AvgIpc) is 2.78. The van der Waals surface area contributed by atoms with Crippen LogP contribution in [-0.4, -0.2) is 37.5 Å². The quantitative estimate of drug-likeness (QED) is 0.424. The normalized spacial score (nSPS) is 9.94. The van der Waals surface area contributed by atoms with Gasteiger partial charge in [0.2, 0.25) is 0 Å². The van der Waals surface area contributed by atoms with Gasteiger partial charge in [-0.1, -0.05) is 25.5 Å². The van der Waals surface area contributed by atoms with Crippen LogP contribution in [-0.2, 0) is 20.7 Å². The first-order valence-electron chi connectivity index (χ1n) is 9.94. The molecule has 0 fully saturated rings. The maximum Gasteiger partial charge on any atom is 0.325 e. The molecule has 0 saturated heterocycles. The van der Waals surface area contributed by atoms with Crippen molar-refractivity contribution in [2.24, 2.45) is 0 Å². The van der Waals surface area contributed by atoms with Gasteiger partial charge in [0.25, 0.3) is 11.8 Å². The molecule has 0 atom stereocenters. The number of nitriles is 1. The molecular formula is C23H25N3O5. The summed E-state index contributed by atoms with van der Waals surface area (Å²) in [6.07, 6.45) is 2.28. The van der Waals surface area contributed by atoms with E-state index in [1.807, 2.05) is 6.07 Å². The van der Waals surface area contributed by atoms with Crippen molar-refractivity contribution in [1.29, 1.82) is 5.26 Å². The number of carbonyl (C=O) groups is 3. The minimum atomic E-state index is -0.729. The summed E-state index contributed by atoms with van der Waals surface area (Å²) in [6.45, 7) is 1.86. The maximum absolute atomic E-state index is 12.1. The fourth-order valence-electron chi connectivity index (χ4n) is 2.48. The number of hydrogen-bond donors (Lipinski definition) is 2. The maximum atomic E-state index is 12.1. The van der Waals surface area contributed by atoms with Gasteiger partial charge < -0.3 is 20.1 Å². The van der Waals surface area contributed by atoms with Crippen LogP contribution in [0.4, 0.5) is 5.69 Å². The van der Waals surface area contributed by atoms with Crippen LogP contribution in [0.1, 0.15) is 35.7 Å². The van der Waals surface area contributed by atoms with E-state index in [9.17, 15) is 14.4 Å². The molecule has 0 aromatic heterocycles. The van der Waals surface area contributed by atoms with Gasteiger partial charge in [0.05, 0.1) is 19.1 Å². The first-order chi connectivity index (χ1) is 15.0. The lowest BCUT2D eigenvalue weighted by atomic mass is 10.1. The minimum Gasteiger partial charge on any atom is -0.494 e. The smallest absolute Gasteiger partial charge is 0.325 e. The van der Waals surface area contributed by atoms with Crippen LogP contribution < -0.4 is 15.4 Å². The van der Waals surface area contributed by atoms with Gasteiger partial charge in [-0.15, -0.1) is 0 Å². The number of rotatable bonds is 11. The molecule has 0 unspecified atom stereocenters. The lowest BCUT2D eigenvalue weighted by Gasteiger charge is -2.09. The van der Waals surface area contributed by atoms with E-state index >= 15 is 0 Å². The second-order valence-electron chi connectivity index (χ2n) is 6.65. The first kappa shape index (κ1) is 23.4. The van der Waals surface area contributed by atoms with Crippen molar-refractivity contribution in [3.63, 3.8) is 0 Å².